The van der Waals surface area contributed by atoms with Crippen LogP contribution in [-0.2, 0) is 0 Å². The highest BCUT2D eigenvalue weighted by Crippen LogP contribution is 2.36. The van der Waals surface area contributed by atoms with Crippen LogP contribution in [0.1, 0.15) is 11.1 Å². The summed E-state index contributed by atoms with van der Waals surface area (Å²) in [5, 5.41) is 19.1. The minimum absolute atomic E-state index is 0.0387. The fraction of sp³-hybridized carbons (Fsp3) is 0.0625. The first-order valence-electron chi connectivity index (χ1n) is 5.99. The Morgan fingerprint density at radius 3 is 2.48 bits per heavy atom. The summed E-state index contributed by atoms with van der Waals surface area (Å²) >= 11 is 6.63. The standard InChI is InChI=1S/C16H11Br2NO2/c1-21-15-8-10(7-14(18)16(15)20)6-12(9-19)11-2-4-13(17)5-3-11/h2-8,20H,1H3/b12-6-. The second-order valence-electron chi connectivity index (χ2n) is 4.23. The third kappa shape index (κ3) is 3.66. The first kappa shape index (κ1) is 15.6. The molecule has 5 heteroatoms. The number of methoxy groups -OCH3 is 1. The Balaban J connectivity index is 2.48. The molecule has 0 radical (unpaired) electrons. The molecule has 0 aliphatic carbocycles. The number of allylic oxidation sites excluding steroid dienone is 1. The van der Waals surface area contributed by atoms with Crippen LogP contribution in [0.3, 0.4) is 0 Å². The Labute approximate surface area is 139 Å². The Kier molecular flexibility index (Phi) is 5.05. The lowest BCUT2D eigenvalue weighted by Crippen LogP contribution is -1.87. The number of rotatable bonds is 3. The van der Waals surface area contributed by atoms with Crippen molar-refractivity contribution in [3.05, 3.63) is 56.5 Å². The molecule has 0 atom stereocenters. The van der Waals surface area contributed by atoms with E-state index in [1.165, 1.54) is 7.11 Å². The lowest BCUT2D eigenvalue weighted by atomic mass is 10.0. The van der Waals surface area contributed by atoms with E-state index in [9.17, 15) is 10.4 Å². The van der Waals surface area contributed by atoms with Crippen molar-refractivity contribution in [1.29, 1.82) is 5.26 Å². The van der Waals surface area contributed by atoms with Crippen molar-refractivity contribution in [3.63, 3.8) is 0 Å². The van der Waals surface area contributed by atoms with Crippen molar-refractivity contribution in [2.75, 3.05) is 7.11 Å². The molecule has 1 N–H and O–H groups in total. The van der Waals surface area contributed by atoms with Crippen LogP contribution in [0.15, 0.2) is 45.3 Å². The molecule has 106 valence electrons. The van der Waals surface area contributed by atoms with Gasteiger partial charge in [0.2, 0.25) is 0 Å². The lowest BCUT2D eigenvalue weighted by molar-refractivity contribution is 0.372. The maximum atomic E-state index is 9.80. The highest BCUT2D eigenvalue weighted by molar-refractivity contribution is 9.10. The molecule has 2 aromatic carbocycles. The number of hydrogen-bond donors (Lipinski definition) is 1. The van der Waals surface area contributed by atoms with E-state index in [2.05, 4.69) is 37.9 Å². The van der Waals surface area contributed by atoms with Crippen LogP contribution in [0.4, 0.5) is 0 Å². The number of aromatic hydroxyl groups is 1. The summed E-state index contributed by atoms with van der Waals surface area (Å²) in [6.45, 7) is 0. The highest BCUT2D eigenvalue weighted by Gasteiger charge is 2.09. The van der Waals surface area contributed by atoms with Gasteiger partial charge >= 0.3 is 0 Å². The number of phenolic OH excluding ortho intramolecular Hbond substituents is 1. The average molecular weight is 409 g/mol. The molecule has 0 saturated heterocycles. The number of phenols is 1. The normalized spacial score (nSPS) is 11.0. The van der Waals surface area contributed by atoms with Crippen LogP contribution >= 0.6 is 31.9 Å². The molecule has 0 bridgehead atoms. The van der Waals surface area contributed by atoms with Gasteiger partial charge in [0.15, 0.2) is 11.5 Å². The molecule has 0 aromatic heterocycles. The third-order valence-corrected chi connectivity index (χ3v) is 3.99. The van der Waals surface area contributed by atoms with Gasteiger partial charge in [0.05, 0.1) is 23.2 Å². The fourth-order valence-corrected chi connectivity index (χ4v) is 2.53. The van der Waals surface area contributed by atoms with Crippen LogP contribution in [0, 0.1) is 11.3 Å². The zero-order chi connectivity index (χ0) is 15.4. The van der Waals surface area contributed by atoms with Gasteiger partial charge in [-0.3, -0.25) is 0 Å². The Bertz CT molecular complexity index is 731. The average Bonchev–Trinajstić information content (AvgIpc) is 2.49. The monoisotopic (exact) mass is 407 g/mol. The number of ether oxygens (including phenoxy) is 1. The molecule has 0 amide bonds. The maximum absolute atomic E-state index is 9.80. The first-order valence-corrected chi connectivity index (χ1v) is 7.58. The van der Waals surface area contributed by atoms with Crippen LogP contribution in [0.25, 0.3) is 11.6 Å². The molecular weight excluding hydrogens is 398 g/mol. The first-order chi connectivity index (χ1) is 10.0. The number of nitriles is 1. The van der Waals surface area contributed by atoms with Crippen LogP contribution in [0.5, 0.6) is 11.5 Å². The molecule has 3 nitrogen and oxygen atoms in total. The predicted molar refractivity (Wildman–Crippen MR) is 90.0 cm³/mol. The van der Waals surface area contributed by atoms with Gasteiger partial charge in [0, 0.05) is 4.47 Å². The lowest BCUT2D eigenvalue weighted by Gasteiger charge is -2.07. The van der Waals surface area contributed by atoms with E-state index in [4.69, 9.17) is 4.74 Å². The molecule has 0 spiro atoms. The molecule has 0 aliphatic rings. The predicted octanol–water partition coefficient (Wildman–Crippen LogP) is 4.99. The molecular formula is C16H11Br2NO2. The number of benzene rings is 2. The number of halogens is 2. The van der Waals surface area contributed by atoms with Gasteiger partial charge in [-0.15, -0.1) is 0 Å². The molecule has 2 aromatic rings. The van der Waals surface area contributed by atoms with Crippen molar-refractivity contribution >= 4 is 43.5 Å². The summed E-state index contributed by atoms with van der Waals surface area (Å²) in [6.07, 6.45) is 1.75. The third-order valence-electron chi connectivity index (χ3n) is 2.86. The van der Waals surface area contributed by atoms with E-state index in [0.29, 0.717) is 15.8 Å². The van der Waals surface area contributed by atoms with Crippen molar-refractivity contribution in [2.24, 2.45) is 0 Å². The summed E-state index contributed by atoms with van der Waals surface area (Å²) in [5.74, 6) is 0.389. The molecule has 0 aliphatic heterocycles. The maximum Gasteiger partial charge on any atom is 0.172 e. The van der Waals surface area contributed by atoms with Crippen molar-refractivity contribution < 1.29 is 9.84 Å². The fourth-order valence-electron chi connectivity index (χ4n) is 1.81. The topological polar surface area (TPSA) is 53.2 Å². The molecule has 0 saturated carbocycles. The minimum atomic E-state index is 0.0387. The second-order valence-corrected chi connectivity index (χ2v) is 6.00. The van der Waals surface area contributed by atoms with Gasteiger partial charge < -0.3 is 9.84 Å². The number of nitrogens with zero attached hydrogens (tertiary/aromatic N) is 1. The van der Waals surface area contributed by atoms with E-state index >= 15 is 0 Å². The Morgan fingerprint density at radius 2 is 1.90 bits per heavy atom. The van der Waals surface area contributed by atoms with Gasteiger partial charge in [-0.1, -0.05) is 28.1 Å². The smallest absolute Gasteiger partial charge is 0.172 e. The molecule has 21 heavy (non-hydrogen) atoms. The van der Waals surface area contributed by atoms with E-state index in [-0.39, 0.29) is 5.75 Å². The molecule has 0 unspecified atom stereocenters. The highest BCUT2D eigenvalue weighted by atomic mass is 79.9. The van der Waals surface area contributed by atoms with E-state index in [1.807, 2.05) is 24.3 Å². The van der Waals surface area contributed by atoms with Crippen LogP contribution in [0.2, 0.25) is 0 Å². The van der Waals surface area contributed by atoms with Gasteiger partial charge in [-0.2, -0.15) is 5.26 Å². The quantitative estimate of drug-likeness (QED) is 0.574. The van der Waals surface area contributed by atoms with Crippen LogP contribution in [-0.4, -0.2) is 12.2 Å². The summed E-state index contributed by atoms with van der Waals surface area (Å²) in [5.41, 5.74) is 2.11. The van der Waals surface area contributed by atoms with E-state index in [0.717, 1.165) is 15.6 Å². The zero-order valence-corrected chi connectivity index (χ0v) is 14.3. The Morgan fingerprint density at radius 1 is 1.24 bits per heavy atom. The molecule has 2 rings (SSSR count). The summed E-state index contributed by atoms with van der Waals surface area (Å²) in [4.78, 5) is 0. The van der Waals surface area contributed by atoms with E-state index < -0.39 is 0 Å². The van der Waals surface area contributed by atoms with E-state index in [1.54, 1.807) is 18.2 Å². The zero-order valence-electron chi connectivity index (χ0n) is 11.1. The summed E-state index contributed by atoms with van der Waals surface area (Å²) in [6, 6.07) is 13.1. The van der Waals surface area contributed by atoms with Crippen molar-refractivity contribution in [2.45, 2.75) is 0 Å². The summed E-state index contributed by atoms with van der Waals surface area (Å²) in [7, 11) is 1.48. The van der Waals surface area contributed by atoms with Gasteiger partial charge in [0.25, 0.3) is 0 Å². The largest absolute Gasteiger partial charge is 0.503 e. The van der Waals surface area contributed by atoms with Crippen molar-refractivity contribution in [3.8, 4) is 17.6 Å². The minimum Gasteiger partial charge on any atom is -0.503 e. The second kappa shape index (κ2) is 6.79. The van der Waals surface area contributed by atoms with Crippen LogP contribution < -0.4 is 4.74 Å². The summed E-state index contributed by atoms with van der Waals surface area (Å²) < 4.78 is 6.58. The van der Waals surface area contributed by atoms with Gasteiger partial charge in [-0.25, -0.2) is 0 Å². The Hall–Kier alpha value is -1.77. The van der Waals surface area contributed by atoms with Gasteiger partial charge in [0.1, 0.15) is 0 Å². The molecule has 0 fully saturated rings. The SMILES string of the molecule is COc1cc(/C=C(/C#N)c2ccc(Br)cc2)cc(Br)c1O. The molecule has 0 heterocycles. The van der Waals surface area contributed by atoms with Crippen molar-refractivity contribution in [1.82, 2.24) is 0 Å². The number of hydrogen-bond acceptors (Lipinski definition) is 3. The van der Waals surface area contributed by atoms with Gasteiger partial charge in [-0.05, 0) is 57.4 Å².